The topological polar surface area (TPSA) is 34.1 Å². The first-order chi connectivity index (χ1) is 16.9. The number of benzene rings is 4. The van der Waals surface area contributed by atoms with Crippen LogP contribution in [0.5, 0.6) is 0 Å². The molecule has 0 aromatic heterocycles. The summed E-state index contributed by atoms with van der Waals surface area (Å²) in [6, 6.07) is 39.4. The molecule has 0 saturated carbocycles. The van der Waals surface area contributed by atoms with Gasteiger partial charge in [0.2, 0.25) is 0 Å². The predicted octanol–water partition coefficient (Wildman–Crippen LogP) is 6.82. The molecule has 0 unspecified atom stereocenters. The minimum Gasteiger partial charge on any atom is -0.314 e. The van der Waals surface area contributed by atoms with Crippen LogP contribution in [0.2, 0.25) is 0 Å². The summed E-state index contributed by atoms with van der Waals surface area (Å²) >= 11 is 0. The zero-order valence-electron chi connectivity index (χ0n) is 20.6. The summed E-state index contributed by atoms with van der Waals surface area (Å²) in [7, 11) is -5.93. The van der Waals surface area contributed by atoms with Crippen molar-refractivity contribution in [3.8, 4) is 0 Å². The Kier molecular flexibility index (Phi) is 7.95. The molecular weight excluding hydrogens is 466 g/mol. The fraction of sp³-hybridized carbons (Fsp3) is 0.226. The molecule has 0 aliphatic rings. The fourth-order valence-corrected chi connectivity index (χ4v) is 12.0. The van der Waals surface area contributed by atoms with Gasteiger partial charge in [-0.15, -0.1) is 0 Å². The maximum absolute atomic E-state index is 15.0. The Labute approximate surface area is 210 Å². The molecule has 0 amide bonds. The van der Waals surface area contributed by atoms with Crippen molar-refractivity contribution < 1.29 is 9.13 Å². The summed E-state index contributed by atoms with van der Waals surface area (Å²) in [5.74, 6) is 0. The van der Waals surface area contributed by atoms with Crippen LogP contribution in [0.3, 0.4) is 0 Å². The van der Waals surface area contributed by atoms with Gasteiger partial charge in [0.1, 0.15) is 14.3 Å². The lowest BCUT2D eigenvalue weighted by atomic mass is 9.90. The molecule has 0 bridgehead atoms. The standard InChI is InChI=1S/C31H34O2P2/c1-3-24-31(2,25-34(32,27-16-8-4-9-17-27)28-18-10-5-11-19-28)26-35(33,29-20-12-6-13-21-29)30-22-14-7-15-23-30/h4-23H,3,24-26H2,1-2H3. The highest BCUT2D eigenvalue weighted by Crippen LogP contribution is 2.56. The maximum atomic E-state index is 15.0. The van der Waals surface area contributed by atoms with Crippen LogP contribution in [0.4, 0.5) is 0 Å². The zero-order valence-corrected chi connectivity index (χ0v) is 22.4. The van der Waals surface area contributed by atoms with Gasteiger partial charge in [0, 0.05) is 33.5 Å². The summed E-state index contributed by atoms with van der Waals surface area (Å²) in [5.41, 5.74) is -0.392. The second-order valence-corrected chi connectivity index (χ2v) is 15.4. The van der Waals surface area contributed by atoms with E-state index in [0.29, 0.717) is 12.3 Å². The molecule has 180 valence electrons. The van der Waals surface area contributed by atoms with E-state index in [9.17, 15) is 9.13 Å². The third-order valence-corrected chi connectivity index (χ3v) is 13.7. The third kappa shape index (κ3) is 5.61. The lowest BCUT2D eigenvalue weighted by Gasteiger charge is -2.37. The minimum atomic E-state index is -2.97. The van der Waals surface area contributed by atoms with Crippen LogP contribution in [0.25, 0.3) is 0 Å². The van der Waals surface area contributed by atoms with Crippen LogP contribution in [0, 0.1) is 5.41 Å². The Morgan fingerprint density at radius 3 is 1.00 bits per heavy atom. The molecular formula is C31H34O2P2. The Bertz CT molecular complexity index is 1120. The van der Waals surface area contributed by atoms with Gasteiger partial charge in [0.05, 0.1) is 0 Å². The molecule has 0 spiro atoms. The highest BCUT2D eigenvalue weighted by molar-refractivity contribution is 7.79. The molecule has 0 atom stereocenters. The van der Waals surface area contributed by atoms with Crippen molar-refractivity contribution in [2.24, 2.45) is 5.41 Å². The van der Waals surface area contributed by atoms with E-state index in [1.54, 1.807) is 0 Å². The van der Waals surface area contributed by atoms with Gasteiger partial charge in [-0.25, -0.2) is 0 Å². The molecule has 0 heterocycles. The Balaban J connectivity index is 1.83. The molecule has 4 heteroatoms. The van der Waals surface area contributed by atoms with Crippen molar-refractivity contribution in [2.45, 2.75) is 26.7 Å². The van der Waals surface area contributed by atoms with E-state index in [1.807, 2.05) is 121 Å². The van der Waals surface area contributed by atoms with Gasteiger partial charge in [-0.2, -0.15) is 0 Å². The van der Waals surface area contributed by atoms with E-state index >= 15 is 0 Å². The first kappa shape index (κ1) is 25.4. The molecule has 0 aliphatic carbocycles. The van der Waals surface area contributed by atoms with E-state index < -0.39 is 19.7 Å². The number of rotatable bonds is 10. The first-order valence-corrected chi connectivity index (χ1v) is 16.1. The molecule has 2 nitrogen and oxygen atoms in total. The highest BCUT2D eigenvalue weighted by Gasteiger charge is 2.42. The van der Waals surface area contributed by atoms with E-state index in [0.717, 1.165) is 34.1 Å². The molecule has 4 aromatic carbocycles. The first-order valence-electron chi connectivity index (χ1n) is 12.3. The molecule has 0 N–H and O–H groups in total. The van der Waals surface area contributed by atoms with Crippen LogP contribution < -0.4 is 21.2 Å². The van der Waals surface area contributed by atoms with Gasteiger partial charge in [0.15, 0.2) is 0 Å². The van der Waals surface area contributed by atoms with E-state index in [4.69, 9.17) is 0 Å². The summed E-state index contributed by atoms with van der Waals surface area (Å²) < 4.78 is 30.0. The van der Waals surface area contributed by atoms with E-state index in [2.05, 4.69) is 13.8 Å². The summed E-state index contributed by atoms with van der Waals surface area (Å²) in [5, 5.41) is 3.45. The monoisotopic (exact) mass is 500 g/mol. The summed E-state index contributed by atoms with van der Waals surface area (Å²) in [4.78, 5) is 0. The van der Waals surface area contributed by atoms with Crippen molar-refractivity contribution in [1.29, 1.82) is 0 Å². The van der Waals surface area contributed by atoms with Crippen LogP contribution in [-0.2, 0) is 9.13 Å². The molecule has 0 saturated heterocycles. The Hall–Kier alpha value is -2.66. The van der Waals surface area contributed by atoms with Gasteiger partial charge >= 0.3 is 0 Å². The summed E-state index contributed by atoms with van der Waals surface area (Å²) in [6.45, 7) is 4.34. The van der Waals surface area contributed by atoms with Crippen molar-refractivity contribution >= 4 is 35.5 Å². The van der Waals surface area contributed by atoms with Gasteiger partial charge in [-0.3, -0.25) is 0 Å². The SMILES string of the molecule is CCCC(C)(CP(=O)(c1ccccc1)c1ccccc1)CP(=O)(c1ccccc1)c1ccccc1. The zero-order chi connectivity index (χ0) is 24.8. The minimum absolute atomic E-state index is 0.392. The predicted molar refractivity (Wildman–Crippen MR) is 152 cm³/mol. The molecule has 0 fully saturated rings. The average Bonchev–Trinajstić information content (AvgIpc) is 2.90. The van der Waals surface area contributed by atoms with Crippen LogP contribution in [0.15, 0.2) is 121 Å². The Morgan fingerprint density at radius 2 is 0.771 bits per heavy atom. The molecule has 4 rings (SSSR count). The highest BCUT2D eigenvalue weighted by atomic mass is 31.2. The second-order valence-electron chi connectivity index (χ2n) is 9.70. The number of hydrogen-bond acceptors (Lipinski definition) is 2. The van der Waals surface area contributed by atoms with E-state index in [-0.39, 0.29) is 0 Å². The third-order valence-electron chi connectivity index (χ3n) is 6.76. The molecule has 0 radical (unpaired) electrons. The van der Waals surface area contributed by atoms with Crippen LogP contribution >= 0.6 is 14.3 Å². The van der Waals surface area contributed by atoms with Crippen LogP contribution in [0.1, 0.15) is 26.7 Å². The molecule has 4 aromatic rings. The molecule has 0 aliphatic heterocycles. The van der Waals surface area contributed by atoms with Crippen molar-refractivity contribution in [3.05, 3.63) is 121 Å². The summed E-state index contributed by atoms with van der Waals surface area (Å²) in [6.07, 6.45) is 2.74. The average molecular weight is 501 g/mol. The quantitative estimate of drug-likeness (QED) is 0.224. The fourth-order valence-electron chi connectivity index (χ4n) is 5.23. The van der Waals surface area contributed by atoms with Gasteiger partial charge in [-0.05, 0) is 11.8 Å². The van der Waals surface area contributed by atoms with Gasteiger partial charge < -0.3 is 9.13 Å². The normalized spacial score (nSPS) is 12.4. The lowest BCUT2D eigenvalue weighted by molar-refractivity contribution is 0.377. The van der Waals surface area contributed by atoms with Crippen molar-refractivity contribution in [2.75, 3.05) is 12.3 Å². The van der Waals surface area contributed by atoms with E-state index in [1.165, 1.54) is 0 Å². The van der Waals surface area contributed by atoms with Gasteiger partial charge in [-0.1, -0.05) is 142 Å². The maximum Gasteiger partial charge on any atom is 0.143 e. The largest absolute Gasteiger partial charge is 0.314 e. The molecule has 35 heavy (non-hydrogen) atoms. The second kappa shape index (κ2) is 10.9. The number of hydrogen-bond donors (Lipinski definition) is 0. The van der Waals surface area contributed by atoms with Crippen molar-refractivity contribution in [3.63, 3.8) is 0 Å². The lowest BCUT2D eigenvalue weighted by Crippen LogP contribution is -2.35. The van der Waals surface area contributed by atoms with Gasteiger partial charge in [0.25, 0.3) is 0 Å². The van der Waals surface area contributed by atoms with Crippen LogP contribution in [-0.4, -0.2) is 12.3 Å². The smallest absolute Gasteiger partial charge is 0.143 e. The Morgan fingerprint density at radius 1 is 0.514 bits per heavy atom. The van der Waals surface area contributed by atoms with Crippen molar-refractivity contribution in [1.82, 2.24) is 0 Å².